The van der Waals surface area contributed by atoms with Gasteiger partial charge in [0.05, 0.1) is 28.5 Å². The van der Waals surface area contributed by atoms with Crippen LogP contribution in [0.1, 0.15) is 22.3 Å². The van der Waals surface area contributed by atoms with Crippen LogP contribution in [0.2, 0.25) is 0 Å². The number of halogens is 2. The molecule has 44 heavy (non-hydrogen) atoms. The number of aliphatic imine (C=N–C) groups is 3. The second-order valence-corrected chi connectivity index (χ2v) is 9.88. The van der Waals surface area contributed by atoms with Crippen molar-refractivity contribution in [3.8, 4) is 0 Å². The van der Waals surface area contributed by atoms with Gasteiger partial charge in [-0.25, -0.2) is 13.6 Å². The number of fused-ring (bicyclic) bond motifs is 2. The van der Waals surface area contributed by atoms with Crippen LogP contribution in [-0.4, -0.2) is 56.5 Å². The van der Waals surface area contributed by atoms with E-state index >= 15 is 0 Å². The van der Waals surface area contributed by atoms with Crippen LogP contribution in [0, 0.1) is 11.6 Å². The molecule has 0 spiro atoms. The molecule has 0 aromatic heterocycles. The number of carbonyl (C=O) groups excluding carboxylic acids is 3. The van der Waals surface area contributed by atoms with Gasteiger partial charge in [0.2, 0.25) is 17.9 Å². The van der Waals surface area contributed by atoms with Crippen molar-refractivity contribution in [2.24, 2.45) is 15.0 Å². The number of hydrogen-bond acceptors (Lipinski definition) is 7. The zero-order valence-electron chi connectivity index (χ0n) is 23.8. The highest BCUT2D eigenvalue weighted by Crippen LogP contribution is 2.31. The molecule has 0 bridgehead atoms. The Balaban J connectivity index is 0.000000175. The Labute approximate surface area is 251 Å². The monoisotopic (exact) mass is 592 g/mol. The van der Waals surface area contributed by atoms with Crippen LogP contribution in [0.4, 0.5) is 31.5 Å². The van der Waals surface area contributed by atoms with Gasteiger partial charge in [-0.1, -0.05) is 24.3 Å². The second-order valence-electron chi connectivity index (χ2n) is 9.88. The number of benzene rings is 4. The molecule has 11 heteroatoms. The lowest BCUT2D eigenvalue weighted by molar-refractivity contribution is -0.117. The molecular formula is C33H26F2N6O3. The van der Waals surface area contributed by atoms with Crippen molar-refractivity contribution >= 4 is 52.1 Å². The minimum absolute atomic E-state index is 0.0191. The van der Waals surface area contributed by atoms with Gasteiger partial charge in [-0.3, -0.25) is 19.6 Å². The molecule has 2 amide bonds. The van der Waals surface area contributed by atoms with E-state index in [0.717, 1.165) is 0 Å². The normalized spacial score (nSPS) is 14.1. The number of hydrogen-bond donors (Lipinski definition) is 1. The predicted octanol–water partition coefficient (Wildman–Crippen LogP) is 4.83. The smallest absolute Gasteiger partial charge is 0.248 e. The van der Waals surface area contributed by atoms with E-state index in [0.29, 0.717) is 56.4 Å². The molecule has 0 radical (unpaired) electrons. The Kier molecular flexibility index (Phi) is 8.50. The maximum Gasteiger partial charge on any atom is 0.248 e. The molecule has 0 fully saturated rings. The minimum Gasteiger partial charge on any atom is -0.399 e. The Morgan fingerprint density at radius 2 is 1.18 bits per heavy atom. The number of nitrogen functional groups attached to an aromatic ring is 1. The number of likely N-dealkylation sites (N-methyl/N-ethyl adjacent to an activating group) is 2. The Bertz CT molecular complexity index is 1900. The third-order valence-corrected chi connectivity index (χ3v) is 7.16. The van der Waals surface area contributed by atoms with E-state index in [1.807, 2.05) is 0 Å². The molecule has 2 aliphatic rings. The summed E-state index contributed by atoms with van der Waals surface area (Å²) in [7, 11) is 3.31. The standard InChI is InChI=1S/C17H12FN3O2.C16H14FN3O/c1-21-15-7-6-11(20-10-22)8-13(15)17(19-9-16(21)23)12-4-2-3-5-14(12)18;1-20-14-7-6-10(18)8-12(14)16(19-9-15(20)21)11-4-2-3-5-13(11)17/h2-8H,9H2,1H3;2-8H,9,18H2,1H3. The van der Waals surface area contributed by atoms with Gasteiger partial charge in [0, 0.05) is 42.0 Å². The molecule has 0 unspecified atom stereocenters. The summed E-state index contributed by atoms with van der Waals surface area (Å²) in [5, 5.41) is 0. The molecule has 6 rings (SSSR count). The zero-order chi connectivity index (χ0) is 31.4. The molecule has 0 saturated heterocycles. The highest BCUT2D eigenvalue weighted by atomic mass is 19.1. The van der Waals surface area contributed by atoms with E-state index in [-0.39, 0.29) is 30.7 Å². The van der Waals surface area contributed by atoms with Crippen molar-refractivity contribution in [1.29, 1.82) is 0 Å². The lowest BCUT2D eigenvalue weighted by atomic mass is 9.99. The number of nitrogens with two attached hydrogens (primary N) is 1. The van der Waals surface area contributed by atoms with Crippen LogP contribution in [0.3, 0.4) is 0 Å². The van der Waals surface area contributed by atoms with Gasteiger partial charge in [0.15, 0.2) is 0 Å². The van der Waals surface area contributed by atoms with E-state index in [2.05, 4.69) is 15.0 Å². The number of isocyanates is 1. The van der Waals surface area contributed by atoms with Crippen LogP contribution in [0.15, 0.2) is 99.9 Å². The maximum atomic E-state index is 14.2. The van der Waals surface area contributed by atoms with E-state index in [1.165, 1.54) is 28.0 Å². The zero-order valence-corrected chi connectivity index (χ0v) is 23.8. The quantitative estimate of drug-likeness (QED) is 0.208. The summed E-state index contributed by atoms with van der Waals surface area (Å²) in [6.45, 7) is -0.101. The predicted molar refractivity (Wildman–Crippen MR) is 166 cm³/mol. The van der Waals surface area contributed by atoms with Crippen molar-refractivity contribution in [3.63, 3.8) is 0 Å². The highest BCUT2D eigenvalue weighted by Gasteiger charge is 2.25. The fourth-order valence-corrected chi connectivity index (χ4v) is 4.88. The van der Waals surface area contributed by atoms with Gasteiger partial charge in [0.1, 0.15) is 24.7 Å². The molecule has 220 valence electrons. The van der Waals surface area contributed by atoms with E-state index < -0.39 is 5.82 Å². The SMILES string of the molecule is CN1C(=O)CN=C(c2ccccc2F)c2cc(N)ccc21.CN1C(=O)CN=C(c2ccccc2F)c2cc(N=C=O)ccc21. The van der Waals surface area contributed by atoms with Crippen molar-refractivity contribution in [3.05, 3.63) is 119 Å². The molecule has 2 N–H and O–H groups in total. The molecule has 4 aromatic rings. The average Bonchev–Trinajstić information content (AvgIpc) is 3.22. The van der Waals surface area contributed by atoms with Crippen LogP contribution in [-0.2, 0) is 14.4 Å². The first-order valence-electron chi connectivity index (χ1n) is 13.4. The summed E-state index contributed by atoms with van der Waals surface area (Å²) < 4.78 is 28.3. The first-order chi connectivity index (χ1) is 21.2. The summed E-state index contributed by atoms with van der Waals surface area (Å²) in [6, 6.07) is 22.6. The molecule has 0 saturated carbocycles. The highest BCUT2D eigenvalue weighted by molar-refractivity contribution is 6.21. The number of amides is 2. The first kappa shape index (κ1) is 29.7. The van der Waals surface area contributed by atoms with Gasteiger partial charge >= 0.3 is 0 Å². The lowest BCUT2D eigenvalue weighted by Gasteiger charge is -2.18. The van der Waals surface area contributed by atoms with E-state index in [9.17, 15) is 23.2 Å². The van der Waals surface area contributed by atoms with Crippen molar-refractivity contribution in [2.45, 2.75) is 0 Å². The largest absolute Gasteiger partial charge is 0.399 e. The second kappa shape index (κ2) is 12.6. The summed E-state index contributed by atoms with van der Waals surface area (Å²) in [6.07, 6.45) is 1.47. The molecule has 2 heterocycles. The molecule has 0 atom stereocenters. The Morgan fingerprint density at radius 3 is 1.68 bits per heavy atom. The third-order valence-electron chi connectivity index (χ3n) is 7.16. The number of carbonyl (C=O) groups is 2. The lowest BCUT2D eigenvalue weighted by Crippen LogP contribution is -2.27. The fraction of sp³-hybridized carbons (Fsp3) is 0.121. The number of nitrogens with zero attached hydrogens (tertiary/aromatic N) is 5. The third kappa shape index (κ3) is 5.90. The number of benzodiazepines with no additional fused rings is 2. The van der Waals surface area contributed by atoms with Crippen molar-refractivity contribution in [1.82, 2.24) is 0 Å². The van der Waals surface area contributed by atoms with Crippen LogP contribution in [0.25, 0.3) is 0 Å². The van der Waals surface area contributed by atoms with Gasteiger partial charge in [-0.05, 0) is 60.7 Å². The summed E-state index contributed by atoms with van der Waals surface area (Å²) in [4.78, 5) is 49.7. The summed E-state index contributed by atoms with van der Waals surface area (Å²) in [5.41, 5.74) is 10.7. The maximum absolute atomic E-state index is 14.2. The van der Waals surface area contributed by atoms with Crippen LogP contribution >= 0.6 is 0 Å². The Hall–Kier alpha value is -5.80. The number of rotatable bonds is 3. The topological polar surface area (TPSA) is 121 Å². The number of anilines is 3. The molecular weight excluding hydrogens is 566 g/mol. The summed E-state index contributed by atoms with van der Waals surface area (Å²) >= 11 is 0. The van der Waals surface area contributed by atoms with E-state index in [1.54, 1.807) is 86.9 Å². The van der Waals surface area contributed by atoms with Gasteiger partial charge < -0.3 is 15.5 Å². The molecule has 0 aliphatic carbocycles. The van der Waals surface area contributed by atoms with Crippen LogP contribution in [0.5, 0.6) is 0 Å². The molecule has 4 aromatic carbocycles. The van der Waals surface area contributed by atoms with Crippen molar-refractivity contribution in [2.75, 3.05) is 42.7 Å². The fourth-order valence-electron chi connectivity index (χ4n) is 4.88. The Morgan fingerprint density at radius 1 is 0.705 bits per heavy atom. The molecule has 2 aliphatic heterocycles. The average molecular weight is 593 g/mol. The molecule has 9 nitrogen and oxygen atoms in total. The van der Waals surface area contributed by atoms with Gasteiger partial charge in [0.25, 0.3) is 0 Å². The van der Waals surface area contributed by atoms with Crippen molar-refractivity contribution < 1.29 is 23.2 Å². The minimum atomic E-state index is -0.432. The van der Waals surface area contributed by atoms with E-state index in [4.69, 9.17) is 5.73 Å². The van der Waals surface area contributed by atoms with Crippen LogP contribution < -0.4 is 15.5 Å². The van der Waals surface area contributed by atoms with Gasteiger partial charge in [-0.2, -0.15) is 4.99 Å². The van der Waals surface area contributed by atoms with Gasteiger partial charge in [-0.15, -0.1) is 0 Å². The summed E-state index contributed by atoms with van der Waals surface area (Å²) in [5.74, 6) is -1.16. The first-order valence-corrected chi connectivity index (χ1v) is 13.4.